The highest BCUT2D eigenvalue weighted by molar-refractivity contribution is 5.65. The van der Waals surface area contributed by atoms with Crippen molar-refractivity contribution < 1.29 is 9.47 Å². The summed E-state index contributed by atoms with van der Waals surface area (Å²) in [5.41, 5.74) is 4.72. The number of allylic oxidation sites excluding steroid dienone is 2. The molecule has 0 N–H and O–H groups in total. The van der Waals surface area contributed by atoms with Gasteiger partial charge in [-0.2, -0.15) is 0 Å². The molecule has 0 aliphatic rings. The molecule has 2 heteroatoms. The fourth-order valence-electron chi connectivity index (χ4n) is 2.62. The topological polar surface area (TPSA) is 18.5 Å². The summed E-state index contributed by atoms with van der Waals surface area (Å²) >= 11 is 0. The van der Waals surface area contributed by atoms with Gasteiger partial charge in [-0.3, -0.25) is 0 Å². The molecule has 0 saturated heterocycles. The zero-order valence-electron chi connectivity index (χ0n) is 14.7. The number of benzene rings is 2. The van der Waals surface area contributed by atoms with Crippen LogP contribution in [0.3, 0.4) is 0 Å². The van der Waals surface area contributed by atoms with Crippen molar-refractivity contribution >= 4 is 11.1 Å². The molecule has 0 aliphatic heterocycles. The third-order valence-corrected chi connectivity index (χ3v) is 4.20. The van der Waals surface area contributed by atoms with Gasteiger partial charge in [0, 0.05) is 0 Å². The van der Waals surface area contributed by atoms with E-state index in [0.717, 1.165) is 37.2 Å². The molecule has 2 aromatic carbocycles. The average Bonchev–Trinajstić information content (AvgIpc) is 2.65. The first-order valence-electron chi connectivity index (χ1n) is 8.28. The first-order chi connectivity index (χ1) is 11.6. The number of rotatable bonds is 9. The molecule has 0 unspecified atom stereocenters. The minimum atomic E-state index is 0.877. The molecule has 0 radical (unpaired) electrons. The summed E-state index contributed by atoms with van der Waals surface area (Å²) in [6.07, 6.45) is 4.23. The maximum absolute atomic E-state index is 5.18. The Labute approximate surface area is 145 Å². The van der Waals surface area contributed by atoms with Crippen molar-refractivity contribution in [3.63, 3.8) is 0 Å². The second kappa shape index (κ2) is 8.97. The Morgan fingerprint density at radius 2 is 1.00 bits per heavy atom. The maximum atomic E-state index is 5.18. The second-order valence-electron chi connectivity index (χ2n) is 5.87. The van der Waals surface area contributed by atoms with Crippen LogP contribution < -0.4 is 9.47 Å². The van der Waals surface area contributed by atoms with E-state index in [1.165, 1.54) is 22.3 Å². The van der Waals surface area contributed by atoms with Gasteiger partial charge >= 0.3 is 0 Å². The molecule has 0 spiro atoms. The van der Waals surface area contributed by atoms with Crippen LogP contribution in [-0.2, 0) is 0 Å². The molecule has 0 saturated carbocycles. The number of ether oxygens (including phenoxy) is 2. The summed E-state index contributed by atoms with van der Waals surface area (Å²) in [4.78, 5) is 0. The lowest BCUT2D eigenvalue weighted by Crippen LogP contribution is -1.88. The SMILES string of the molecule is C=C(CCCCC(=C)c1ccc(OC)cc1)c1ccc(OC)cc1. The maximum Gasteiger partial charge on any atom is 0.118 e. The van der Waals surface area contributed by atoms with Gasteiger partial charge in [0.2, 0.25) is 0 Å². The van der Waals surface area contributed by atoms with Crippen molar-refractivity contribution in [3.05, 3.63) is 72.8 Å². The van der Waals surface area contributed by atoms with Crippen molar-refractivity contribution in [2.75, 3.05) is 14.2 Å². The predicted octanol–water partition coefficient (Wildman–Crippen LogP) is 5.99. The van der Waals surface area contributed by atoms with Crippen LogP contribution in [-0.4, -0.2) is 14.2 Å². The van der Waals surface area contributed by atoms with Crippen molar-refractivity contribution in [2.45, 2.75) is 25.7 Å². The van der Waals surface area contributed by atoms with Crippen LogP contribution >= 0.6 is 0 Å². The molecule has 0 aromatic heterocycles. The van der Waals surface area contributed by atoms with Crippen LogP contribution in [0.25, 0.3) is 11.1 Å². The zero-order chi connectivity index (χ0) is 17.4. The van der Waals surface area contributed by atoms with Gasteiger partial charge in [-0.15, -0.1) is 0 Å². The highest BCUT2D eigenvalue weighted by Crippen LogP contribution is 2.25. The van der Waals surface area contributed by atoms with E-state index in [-0.39, 0.29) is 0 Å². The van der Waals surface area contributed by atoms with Crippen molar-refractivity contribution in [3.8, 4) is 11.5 Å². The largest absolute Gasteiger partial charge is 0.497 e. The van der Waals surface area contributed by atoms with E-state index in [1.807, 2.05) is 24.3 Å². The summed E-state index contributed by atoms with van der Waals surface area (Å²) in [6, 6.07) is 16.2. The third kappa shape index (κ3) is 5.02. The summed E-state index contributed by atoms with van der Waals surface area (Å²) in [5, 5.41) is 0. The molecule has 0 amide bonds. The molecule has 0 aliphatic carbocycles. The Bertz CT molecular complexity index is 605. The Hall–Kier alpha value is -2.48. The van der Waals surface area contributed by atoms with Gasteiger partial charge < -0.3 is 9.47 Å². The first-order valence-corrected chi connectivity index (χ1v) is 8.28. The van der Waals surface area contributed by atoms with Crippen molar-refractivity contribution in [1.82, 2.24) is 0 Å². The average molecular weight is 322 g/mol. The van der Waals surface area contributed by atoms with Gasteiger partial charge in [-0.25, -0.2) is 0 Å². The summed E-state index contributed by atoms with van der Waals surface area (Å²) in [7, 11) is 3.36. The molecule has 2 aromatic rings. The van der Waals surface area contributed by atoms with E-state index in [0.29, 0.717) is 0 Å². The number of methoxy groups -OCH3 is 2. The van der Waals surface area contributed by atoms with Gasteiger partial charge in [0.25, 0.3) is 0 Å². The lowest BCUT2D eigenvalue weighted by atomic mass is 9.98. The van der Waals surface area contributed by atoms with Crippen LogP contribution in [0, 0.1) is 0 Å². The minimum Gasteiger partial charge on any atom is -0.497 e. The molecular formula is C22H26O2. The third-order valence-electron chi connectivity index (χ3n) is 4.20. The fraction of sp³-hybridized carbons (Fsp3) is 0.273. The second-order valence-corrected chi connectivity index (χ2v) is 5.87. The van der Waals surface area contributed by atoms with Crippen LogP contribution in [0.15, 0.2) is 61.7 Å². The van der Waals surface area contributed by atoms with Crippen LogP contribution in [0.2, 0.25) is 0 Å². The zero-order valence-corrected chi connectivity index (χ0v) is 14.7. The Morgan fingerprint density at radius 3 is 1.29 bits per heavy atom. The number of hydrogen-bond donors (Lipinski definition) is 0. The van der Waals surface area contributed by atoms with Gasteiger partial charge in [0.15, 0.2) is 0 Å². The molecule has 0 fully saturated rings. The summed E-state index contributed by atoms with van der Waals surface area (Å²) in [6.45, 7) is 8.39. The number of hydrogen-bond acceptors (Lipinski definition) is 2. The normalized spacial score (nSPS) is 10.2. The van der Waals surface area contributed by atoms with Gasteiger partial charge in [-0.05, 0) is 72.2 Å². The molecule has 0 heterocycles. The predicted molar refractivity (Wildman–Crippen MR) is 103 cm³/mol. The molecule has 2 nitrogen and oxygen atoms in total. The molecule has 24 heavy (non-hydrogen) atoms. The lowest BCUT2D eigenvalue weighted by molar-refractivity contribution is 0.414. The summed E-state index contributed by atoms with van der Waals surface area (Å²) in [5.74, 6) is 1.75. The van der Waals surface area contributed by atoms with Crippen molar-refractivity contribution in [2.24, 2.45) is 0 Å². The standard InChI is InChI=1S/C22H26O2/c1-17(19-9-13-21(23-3)14-10-19)7-5-6-8-18(2)20-11-15-22(24-4)16-12-20/h9-16H,1-2,5-8H2,3-4H3. The summed E-state index contributed by atoms with van der Waals surface area (Å²) < 4.78 is 10.4. The van der Waals surface area contributed by atoms with E-state index in [2.05, 4.69) is 37.4 Å². The molecule has 2 rings (SSSR count). The van der Waals surface area contributed by atoms with Gasteiger partial charge in [-0.1, -0.05) is 37.4 Å². The Morgan fingerprint density at radius 1 is 0.667 bits per heavy atom. The lowest BCUT2D eigenvalue weighted by Gasteiger charge is -2.09. The Balaban J connectivity index is 1.74. The molecule has 0 bridgehead atoms. The van der Waals surface area contributed by atoms with Gasteiger partial charge in [0.1, 0.15) is 11.5 Å². The molecule has 126 valence electrons. The van der Waals surface area contributed by atoms with E-state index < -0.39 is 0 Å². The van der Waals surface area contributed by atoms with Crippen molar-refractivity contribution in [1.29, 1.82) is 0 Å². The van der Waals surface area contributed by atoms with Crippen LogP contribution in [0.1, 0.15) is 36.8 Å². The minimum absolute atomic E-state index is 0.877. The quantitative estimate of drug-likeness (QED) is 0.528. The van der Waals surface area contributed by atoms with E-state index >= 15 is 0 Å². The number of unbranched alkanes of at least 4 members (excludes halogenated alkanes) is 1. The smallest absolute Gasteiger partial charge is 0.118 e. The van der Waals surface area contributed by atoms with E-state index in [1.54, 1.807) is 14.2 Å². The molecular weight excluding hydrogens is 296 g/mol. The highest BCUT2D eigenvalue weighted by atomic mass is 16.5. The van der Waals surface area contributed by atoms with Crippen LogP contribution in [0.5, 0.6) is 11.5 Å². The molecule has 0 atom stereocenters. The van der Waals surface area contributed by atoms with Gasteiger partial charge in [0.05, 0.1) is 14.2 Å². The van der Waals surface area contributed by atoms with E-state index in [4.69, 9.17) is 9.47 Å². The van der Waals surface area contributed by atoms with Crippen LogP contribution in [0.4, 0.5) is 0 Å². The highest BCUT2D eigenvalue weighted by Gasteiger charge is 2.03. The Kier molecular flexibility index (Phi) is 6.68. The monoisotopic (exact) mass is 322 g/mol. The van der Waals surface area contributed by atoms with E-state index in [9.17, 15) is 0 Å². The fourth-order valence-corrected chi connectivity index (χ4v) is 2.62. The first kappa shape index (κ1) is 17.9.